The molecule has 0 saturated heterocycles. The van der Waals surface area contributed by atoms with Crippen LogP contribution in [0.4, 0.5) is 24.9 Å². The van der Waals surface area contributed by atoms with Gasteiger partial charge in [-0.1, -0.05) is 0 Å². The van der Waals surface area contributed by atoms with Crippen molar-refractivity contribution >= 4 is 17.7 Å². The maximum Gasteiger partial charge on any atom is 0.451 e. The number of nitrogens with zero attached hydrogens (tertiary/aromatic N) is 9. The molecule has 11 nitrogen and oxygen atoms in total. The van der Waals surface area contributed by atoms with E-state index in [2.05, 4.69) is 35.3 Å². The third-order valence-electron chi connectivity index (χ3n) is 5.80. The normalized spacial score (nSPS) is 15.8. The van der Waals surface area contributed by atoms with E-state index in [4.69, 9.17) is 0 Å². The lowest BCUT2D eigenvalue weighted by atomic mass is 10.2. The van der Waals surface area contributed by atoms with Crippen molar-refractivity contribution in [1.82, 2.24) is 44.2 Å². The Labute approximate surface area is 203 Å². The highest BCUT2D eigenvalue weighted by Crippen LogP contribution is 2.28. The third-order valence-corrected chi connectivity index (χ3v) is 5.80. The highest BCUT2D eigenvalue weighted by Gasteiger charge is 2.36. The summed E-state index contributed by atoms with van der Waals surface area (Å²) >= 11 is 0. The van der Waals surface area contributed by atoms with E-state index in [0.29, 0.717) is 29.7 Å². The number of amides is 1. The molecule has 186 valence electrons. The van der Waals surface area contributed by atoms with E-state index in [1.54, 1.807) is 41.0 Å². The Bertz CT molecular complexity index is 1440. The number of hydrogen-bond donors (Lipinski definition) is 1. The predicted molar refractivity (Wildman–Crippen MR) is 121 cm³/mol. The molecule has 4 aromatic rings. The SMILES string of the molecule is Cc1cnc(Nc2ccnn2C)nc1-c1cn2c(n1)C(=O)N(Cc1ccnc(C(F)(F)F)n1)[C@@H](C)C2. The Morgan fingerprint density at radius 3 is 2.67 bits per heavy atom. The first-order valence-corrected chi connectivity index (χ1v) is 11.0. The Hall–Kier alpha value is -4.36. The van der Waals surface area contributed by atoms with E-state index in [1.165, 1.54) is 11.0 Å². The summed E-state index contributed by atoms with van der Waals surface area (Å²) < 4.78 is 42.4. The van der Waals surface area contributed by atoms with Crippen molar-refractivity contribution in [3.8, 4) is 11.4 Å². The molecule has 36 heavy (non-hydrogen) atoms. The molecule has 1 aliphatic rings. The van der Waals surface area contributed by atoms with Crippen molar-refractivity contribution in [3.63, 3.8) is 0 Å². The molecule has 1 atom stereocenters. The summed E-state index contributed by atoms with van der Waals surface area (Å²) in [5.74, 6) is -0.433. The van der Waals surface area contributed by atoms with Gasteiger partial charge >= 0.3 is 6.18 Å². The molecule has 14 heteroatoms. The van der Waals surface area contributed by atoms with Gasteiger partial charge in [0, 0.05) is 44.3 Å². The second kappa shape index (κ2) is 8.70. The summed E-state index contributed by atoms with van der Waals surface area (Å²) in [5.41, 5.74) is 1.89. The molecule has 5 heterocycles. The minimum atomic E-state index is -4.67. The number of alkyl halides is 3. The summed E-state index contributed by atoms with van der Waals surface area (Å²) in [7, 11) is 1.78. The molecule has 4 aromatic heterocycles. The molecule has 0 fully saturated rings. The average molecular weight is 498 g/mol. The van der Waals surface area contributed by atoms with Crippen LogP contribution in [-0.2, 0) is 26.3 Å². The zero-order valence-electron chi connectivity index (χ0n) is 19.5. The fourth-order valence-electron chi connectivity index (χ4n) is 3.95. The molecule has 1 N–H and O–H groups in total. The van der Waals surface area contributed by atoms with Gasteiger partial charge in [0.2, 0.25) is 11.8 Å². The van der Waals surface area contributed by atoms with Gasteiger partial charge in [0.15, 0.2) is 5.82 Å². The fraction of sp³-hybridized carbons (Fsp3) is 0.318. The molecule has 0 aliphatic carbocycles. The van der Waals surface area contributed by atoms with Gasteiger partial charge in [0.25, 0.3) is 5.91 Å². The standard InChI is InChI=1S/C22H21F3N10O/c1-12-8-27-21(31-16-5-7-28-33(16)3)32-17(12)15-11-34-9-13(2)35(19(36)18(34)30-15)10-14-4-6-26-20(29-14)22(23,24)25/h4-8,11,13H,9-10H2,1-3H3,(H,27,31,32)/t13-/m0/s1. The van der Waals surface area contributed by atoms with Gasteiger partial charge in [-0.15, -0.1) is 0 Å². The summed E-state index contributed by atoms with van der Waals surface area (Å²) in [5, 5.41) is 7.19. The van der Waals surface area contributed by atoms with E-state index in [1.807, 2.05) is 13.8 Å². The number of anilines is 2. The predicted octanol–water partition coefficient (Wildman–Crippen LogP) is 2.98. The number of nitrogens with one attached hydrogen (secondary N) is 1. The van der Waals surface area contributed by atoms with Crippen molar-refractivity contribution < 1.29 is 18.0 Å². The molecule has 0 bridgehead atoms. The van der Waals surface area contributed by atoms with Gasteiger partial charge in [-0.2, -0.15) is 18.3 Å². The number of carbonyl (C=O) groups excluding carboxylic acids is 1. The van der Waals surface area contributed by atoms with E-state index >= 15 is 0 Å². The molecule has 5 rings (SSSR count). The first-order valence-electron chi connectivity index (χ1n) is 11.0. The van der Waals surface area contributed by atoms with Crippen LogP contribution in [0, 0.1) is 6.92 Å². The molecule has 1 amide bonds. The first kappa shape index (κ1) is 23.4. The molecule has 0 spiro atoms. The summed E-state index contributed by atoms with van der Waals surface area (Å²) in [4.78, 5) is 35.0. The van der Waals surface area contributed by atoms with Crippen LogP contribution in [0.15, 0.2) is 36.9 Å². The number of aryl methyl sites for hydroxylation is 2. The summed E-state index contributed by atoms with van der Waals surface area (Å²) in [6.07, 6.45) is 1.42. The molecule has 0 saturated carbocycles. The van der Waals surface area contributed by atoms with Crippen LogP contribution >= 0.6 is 0 Å². The van der Waals surface area contributed by atoms with Crippen LogP contribution in [0.3, 0.4) is 0 Å². The number of halogens is 3. The van der Waals surface area contributed by atoms with Gasteiger partial charge in [-0.05, 0) is 25.5 Å². The lowest BCUT2D eigenvalue weighted by Gasteiger charge is -2.33. The maximum atomic E-state index is 13.3. The van der Waals surface area contributed by atoms with Crippen molar-refractivity contribution in [2.75, 3.05) is 5.32 Å². The number of carbonyl (C=O) groups is 1. The Kier molecular flexibility index (Phi) is 5.65. The zero-order chi connectivity index (χ0) is 25.6. The van der Waals surface area contributed by atoms with Gasteiger partial charge in [0.1, 0.15) is 11.5 Å². The topological polar surface area (TPSA) is 120 Å². The van der Waals surface area contributed by atoms with E-state index in [9.17, 15) is 18.0 Å². The van der Waals surface area contributed by atoms with Crippen molar-refractivity contribution in [3.05, 3.63) is 59.8 Å². The van der Waals surface area contributed by atoms with E-state index < -0.39 is 17.9 Å². The second-order valence-electron chi connectivity index (χ2n) is 8.44. The highest BCUT2D eigenvalue weighted by molar-refractivity contribution is 5.92. The number of rotatable bonds is 5. The van der Waals surface area contributed by atoms with Gasteiger partial charge in [-0.3, -0.25) is 9.48 Å². The molecule has 0 unspecified atom stereocenters. The van der Waals surface area contributed by atoms with Crippen LogP contribution in [0.2, 0.25) is 0 Å². The van der Waals surface area contributed by atoms with Crippen LogP contribution in [0.25, 0.3) is 11.4 Å². The molecular weight excluding hydrogens is 477 g/mol. The van der Waals surface area contributed by atoms with Crippen LogP contribution in [0.1, 0.15) is 34.6 Å². The Morgan fingerprint density at radius 2 is 1.94 bits per heavy atom. The highest BCUT2D eigenvalue weighted by atomic mass is 19.4. The number of hydrogen-bond acceptors (Lipinski definition) is 8. The Morgan fingerprint density at radius 1 is 1.14 bits per heavy atom. The first-order chi connectivity index (χ1) is 17.1. The largest absolute Gasteiger partial charge is 0.451 e. The molecular formula is C22H21F3N10O. The fourth-order valence-corrected chi connectivity index (χ4v) is 3.95. The number of aromatic nitrogens is 8. The lowest BCUT2D eigenvalue weighted by Crippen LogP contribution is -2.46. The molecule has 1 aliphatic heterocycles. The van der Waals surface area contributed by atoms with Crippen molar-refractivity contribution in [2.24, 2.45) is 7.05 Å². The molecule has 0 aromatic carbocycles. The lowest BCUT2D eigenvalue weighted by molar-refractivity contribution is -0.145. The quantitative estimate of drug-likeness (QED) is 0.446. The van der Waals surface area contributed by atoms with E-state index in [-0.39, 0.29) is 24.1 Å². The third kappa shape index (κ3) is 4.36. The van der Waals surface area contributed by atoms with Crippen molar-refractivity contribution in [2.45, 2.75) is 39.2 Å². The summed E-state index contributed by atoms with van der Waals surface area (Å²) in [6.45, 7) is 3.97. The summed E-state index contributed by atoms with van der Waals surface area (Å²) in [6, 6.07) is 2.84. The van der Waals surface area contributed by atoms with Gasteiger partial charge in [-0.25, -0.2) is 24.9 Å². The van der Waals surface area contributed by atoms with Crippen LogP contribution < -0.4 is 5.32 Å². The van der Waals surface area contributed by atoms with Gasteiger partial charge < -0.3 is 14.8 Å². The van der Waals surface area contributed by atoms with Crippen molar-refractivity contribution in [1.29, 1.82) is 0 Å². The van der Waals surface area contributed by atoms with Gasteiger partial charge in [0.05, 0.1) is 24.1 Å². The van der Waals surface area contributed by atoms with E-state index in [0.717, 1.165) is 11.8 Å². The zero-order valence-corrected chi connectivity index (χ0v) is 19.5. The minimum Gasteiger partial charge on any atom is -0.326 e. The smallest absolute Gasteiger partial charge is 0.326 e. The van der Waals surface area contributed by atoms with Crippen LogP contribution in [-0.4, -0.2) is 56.1 Å². The minimum absolute atomic E-state index is 0.0929. The Balaban J connectivity index is 1.42. The monoisotopic (exact) mass is 498 g/mol. The molecule has 0 radical (unpaired) electrons. The average Bonchev–Trinajstić information content (AvgIpc) is 3.43. The number of imidazole rings is 1. The number of fused-ring (bicyclic) bond motifs is 1. The van der Waals surface area contributed by atoms with Crippen LogP contribution in [0.5, 0.6) is 0 Å². The maximum absolute atomic E-state index is 13.3. The second-order valence-corrected chi connectivity index (χ2v) is 8.44.